The van der Waals surface area contributed by atoms with Gasteiger partial charge in [-0.1, -0.05) is 47.8 Å². The fraction of sp³-hybridized carbons (Fsp3) is 0.600. The standard InChI is InChI=1S/C15H21BrO/c1-10-5-3-6-12(9-10)15(17)13-7-4-8-14(16)11(13)2/h4,7-8,10,12,15,17H,3,5-6,9H2,1-2H3. The SMILES string of the molecule is Cc1c(Br)cccc1C(O)C1CCCC(C)C1. The van der Waals surface area contributed by atoms with E-state index >= 15 is 0 Å². The molecule has 1 aromatic carbocycles. The van der Waals surface area contributed by atoms with Gasteiger partial charge in [-0.2, -0.15) is 0 Å². The molecule has 2 heteroatoms. The van der Waals surface area contributed by atoms with Crippen molar-refractivity contribution in [3.05, 3.63) is 33.8 Å². The van der Waals surface area contributed by atoms with E-state index in [1.54, 1.807) is 0 Å². The summed E-state index contributed by atoms with van der Waals surface area (Å²) in [7, 11) is 0. The van der Waals surface area contributed by atoms with Crippen LogP contribution in [0.1, 0.15) is 49.8 Å². The summed E-state index contributed by atoms with van der Waals surface area (Å²) in [6.45, 7) is 4.38. The summed E-state index contributed by atoms with van der Waals surface area (Å²) in [5.74, 6) is 1.20. The zero-order valence-electron chi connectivity index (χ0n) is 10.6. The molecule has 0 saturated heterocycles. The van der Waals surface area contributed by atoms with Crippen molar-refractivity contribution < 1.29 is 5.11 Å². The molecule has 1 aromatic rings. The van der Waals surface area contributed by atoms with Crippen LogP contribution in [-0.2, 0) is 0 Å². The van der Waals surface area contributed by atoms with Crippen molar-refractivity contribution in [1.29, 1.82) is 0 Å². The Morgan fingerprint density at radius 3 is 2.82 bits per heavy atom. The molecule has 1 N–H and O–H groups in total. The van der Waals surface area contributed by atoms with Crippen LogP contribution in [0.5, 0.6) is 0 Å². The van der Waals surface area contributed by atoms with E-state index in [1.807, 2.05) is 12.1 Å². The van der Waals surface area contributed by atoms with Gasteiger partial charge in [0.15, 0.2) is 0 Å². The van der Waals surface area contributed by atoms with Gasteiger partial charge in [0.25, 0.3) is 0 Å². The Kier molecular flexibility index (Phi) is 4.26. The summed E-state index contributed by atoms with van der Waals surface area (Å²) in [6.07, 6.45) is 4.61. The second kappa shape index (κ2) is 5.53. The number of halogens is 1. The number of rotatable bonds is 2. The van der Waals surface area contributed by atoms with E-state index in [0.717, 1.165) is 28.8 Å². The molecule has 0 aromatic heterocycles. The zero-order valence-corrected chi connectivity index (χ0v) is 12.2. The summed E-state index contributed by atoms with van der Waals surface area (Å²) in [5, 5.41) is 10.5. The van der Waals surface area contributed by atoms with Gasteiger partial charge in [0.2, 0.25) is 0 Å². The summed E-state index contributed by atoms with van der Waals surface area (Å²) in [5.41, 5.74) is 2.27. The molecular weight excluding hydrogens is 276 g/mol. The van der Waals surface area contributed by atoms with Crippen molar-refractivity contribution in [2.24, 2.45) is 11.8 Å². The third kappa shape index (κ3) is 2.92. The van der Waals surface area contributed by atoms with E-state index in [2.05, 4.69) is 35.8 Å². The lowest BCUT2D eigenvalue weighted by atomic mass is 9.77. The Morgan fingerprint density at radius 2 is 2.12 bits per heavy atom. The molecule has 0 radical (unpaired) electrons. The highest BCUT2D eigenvalue weighted by Gasteiger charge is 2.27. The highest BCUT2D eigenvalue weighted by Crippen LogP contribution is 2.38. The minimum absolute atomic E-state index is 0.296. The molecule has 1 aliphatic carbocycles. The smallest absolute Gasteiger partial charge is 0.0821 e. The number of hydrogen-bond donors (Lipinski definition) is 1. The van der Waals surface area contributed by atoms with Crippen LogP contribution in [-0.4, -0.2) is 5.11 Å². The second-order valence-corrected chi connectivity index (χ2v) is 6.29. The Balaban J connectivity index is 2.18. The van der Waals surface area contributed by atoms with E-state index in [0.29, 0.717) is 5.92 Å². The molecule has 3 unspecified atom stereocenters. The van der Waals surface area contributed by atoms with Crippen molar-refractivity contribution in [2.75, 3.05) is 0 Å². The lowest BCUT2D eigenvalue weighted by molar-refractivity contribution is 0.0709. The maximum atomic E-state index is 10.5. The van der Waals surface area contributed by atoms with Gasteiger partial charge >= 0.3 is 0 Å². The predicted molar refractivity (Wildman–Crippen MR) is 75.0 cm³/mol. The third-order valence-corrected chi connectivity index (χ3v) is 4.91. The summed E-state index contributed by atoms with van der Waals surface area (Å²) in [4.78, 5) is 0. The van der Waals surface area contributed by atoms with Gasteiger partial charge < -0.3 is 5.11 Å². The van der Waals surface area contributed by atoms with Crippen LogP contribution in [0.15, 0.2) is 22.7 Å². The van der Waals surface area contributed by atoms with Gasteiger partial charge in [-0.3, -0.25) is 0 Å². The van der Waals surface area contributed by atoms with Crippen molar-refractivity contribution in [3.8, 4) is 0 Å². The molecule has 0 amide bonds. The number of aliphatic hydroxyl groups is 1. The number of benzene rings is 1. The topological polar surface area (TPSA) is 20.2 Å². The van der Waals surface area contributed by atoms with Crippen molar-refractivity contribution >= 4 is 15.9 Å². The fourth-order valence-electron chi connectivity index (χ4n) is 2.97. The lowest BCUT2D eigenvalue weighted by Gasteiger charge is -2.31. The van der Waals surface area contributed by atoms with Gasteiger partial charge in [-0.15, -0.1) is 0 Å². The molecule has 94 valence electrons. The third-order valence-electron chi connectivity index (χ3n) is 4.05. The van der Waals surface area contributed by atoms with Gasteiger partial charge in [0.1, 0.15) is 0 Å². The highest BCUT2D eigenvalue weighted by molar-refractivity contribution is 9.10. The van der Waals surface area contributed by atoms with Gasteiger partial charge in [-0.25, -0.2) is 0 Å². The quantitative estimate of drug-likeness (QED) is 0.844. The van der Waals surface area contributed by atoms with Crippen molar-refractivity contribution in [2.45, 2.75) is 45.6 Å². The summed E-state index contributed by atoms with van der Waals surface area (Å²) >= 11 is 3.54. The molecule has 1 nitrogen and oxygen atoms in total. The van der Waals surface area contributed by atoms with Gasteiger partial charge in [0, 0.05) is 4.47 Å². The van der Waals surface area contributed by atoms with Gasteiger partial charge in [0.05, 0.1) is 6.10 Å². The molecule has 2 rings (SSSR count). The molecule has 0 bridgehead atoms. The van der Waals surface area contributed by atoms with Crippen molar-refractivity contribution in [1.82, 2.24) is 0 Å². The number of hydrogen-bond acceptors (Lipinski definition) is 1. The summed E-state index contributed by atoms with van der Waals surface area (Å²) < 4.78 is 1.10. The second-order valence-electron chi connectivity index (χ2n) is 5.43. The Morgan fingerprint density at radius 1 is 1.35 bits per heavy atom. The van der Waals surface area contributed by atoms with E-state index < -0.39 is 0 Å². The van der Waals surface area contributed by atoms with E-state index in [4.69, 9.17) is 0 Å². The van der Waals surface area contributed by atoms with E-state index in [9.17, 15) is 5.11 Å². The van der Waals surface area contributed by atoms with Crippen LogP contribution in [0.25, 0.3) is 0 Å². The molecule has 17 heavy (non-hydrogen) atoms. The fourth-order valence-corrected chi connectivity index (χ4v) is 3.35. The number of aliphatic hydroxyl groups excluding tert-OH is 1. The minimum Gasteiger partial charge on any atom is -0.388 e. The lowest BCUT2D eigenvalue weighted by Crippen LogP contribution is -2.20. The van der Waals surface area contributed by atoms with Gasteiger partial charge in [-0.05, 0) is 48.8 Å². The monoisotopic (exact) mass is 296 g/mol. The first-order valence-electron chi connectivity index (χ1n) is 6.52. The summed E-state index contributed by atoms with van der Waals surface area (Å²) in [6, 6.07) is 6.11. The molecule has 0 spiro atoms. The van der Waals surface area contributed by atoms with Crippen molar-refractivity contribution in [3.63, 3.8) is 0 Å². The normalized spacial score (nSPS) is 26.8. The van der Waals surface area contributed by atoms with Crippen LogP contribution >= 0.6 is 15.9 Å². The predicted octanol–water partition coefficient (Wildman–Crippen LogP) is 4.62. The van der Waals surface area contributed by atoms with Crippen LogP contribution in [0, 0.1) is 18.8 Å². The van der Waals surface area contributed by atoms with Crippen LogP contribution in [0.3, 0.4) is 0 Å². The first-order valence-corrected chi connectivity index (χ1v) is 7.32. The molecular formula is C15H21BrO. The minimum atomic E-state index is -0.296. The maximum Gasteiger partial charge on any atom is 0.0821 e. The molecule has 3 atom stereocenters. The highest BCUT2D eigenvalue weighted by atomic mass is 79.9. The average Bonchev–Trinajstić information content (AvgIpc) is 2.32. The maximum absolute atomic E-state index is 10.5. The first-order chi connectivity index (χ1) is 8.09. The zero-order chi connectivity index (χ0) is 12.4. The average molecular weight is 297 g/mol. The Hall–Kier alpha value is -0.340. The molecule has 1 aliphatic rings. The molecule has 1 saturated carbocycles. The van der Waals surface area contributed by atoms with Crippen LogP contribution < -0.4 is 0 Å². The first kappa shape index (κ1) is 13.1. The molecule has 1 fully saturated rings. The molecule has 0 heterocycles. The largest absolute Gasteiger partial charge is 0.388 e. The van der Waals surface area contributed by atoms with Crippen LogP contribution in [0.2, 0.25) is 0 Å². The van der Waals surface area contributed by atoms with E-state index in [-0.39, 0.29) is 6.10 Å². The van der Waals surface area contributed by atoms with E-state index in [1.165, 1.54) is 18.4 Å². The Bertz CT molecular complexity index is 389. The molecule has 0 aliphatic heterocycles. The van der Waals surface area contributed by atoms with Crippen LogP contribution in [0.4, 0.5) is 0 Å². The Labute approximate surface area is 112 Å².